The molecule has 8 nitrogen and oxygen atoms in total. The van der Waals surface area contributed by atoms with E-state index in [9.17, 15) is 18.4 Å². The number of carbonyl (C=O) groups is 1. The molecule has 0 bridgehead atoms. The first kappa shape index (κ1) is 21.2. The van der Waals surface area contributed by atoms with Gasteiger partial charge >= 0.3 is 11.7 Å². The van der Waals surface area contributed by atoms with Gasteiger partial charge in [-0.1, -0.05) is 12.1 Å². The van der Waals surface area contributed by atoms with Gasteiger partial charge in [0.25, 0.3) is 0 Å². The van der Waals surface area contributed by atoms with E-state index in [4.69, 9.17) is 4.74 Å². The lowest BCUT2D eigenvalue weighted by Gasteiger charge is -2.24. The highest BCUT2D eigenvalue weighted by molar-refractivity contribution is 5.94. The van der Waals surface area contributed by atoms with Crippen molar-refractivity contribution in [2.45, 2.75) is 33.8 Å². The van der Waals surface area contributed by atoms with E-state index in [2.05, 4.69) is 10.4 Å². The summed E-state index contributed by atoms with van der Waals surface area (Å²) in [6.07, 6.45) is -0.145. The first-order valence-electron chi connectivity index (χ1n) is 9.33. The second-order valence-corrected chi connectivity index (χ2v) is 6.82. The number of tetrazole rings is 1. The largest absolute Gasteiger partial charge is 0.489 e. The van der Waals surface area contributed by atoms with Crippen molar-refractivity contribution >= 4 is 11.7 Å². The van der Waals surface area contributed by atoms with E-state index in [1.807, 2.05) is 26.8 Å². The van der Waals surface area contributed by atoms with Crippen molar-refractivity contribution in [1.29, 1.82) is 0 Å². The molecule has 0 aliphatic rings. The standard InChI is InChI=1S/C20H21F2N5O3/c1-5-25(16-11-13(4)9-10-17(16)30-12(2)3)19(28)27-20(29)26(23-24-27)18-14(21)7-6-8-15(18)22/h6-12H,5H2,1-4H3. The Balaban J connectivity index is 2.06. The summed E-state index contributed by atoms with van der Waals surface area (Å²) in [4.78, 5) is 27.1. The van der Waals surface area contributed by atoms with Crippen LogP contribution in [0.4, 0.5) is 19.3 Å². The van der Waals surface area contributed by atoms with E-state index in [1.165, 1.54) is 4.90 Å². The fourth-order valence-corrected chi connectivity index (χ4v) is 2.91. The monoisotopic (exact) mass is 417 g/mol. The van der Waals surface area contributed by atoms with Crippen molar-refractivity contribution < 1.29 is 18.3 Å². The molecule has 0 aliphatic carbocycles. The number of anilines is 1. The zero-order valence-corrected chi connectivity index (χ0v) is 17.0. The topological polar surface area (TPSA) is 82.3 Å². The molecule has 158 valence electrons. The van der Waals surface area contributed by atoms with Crippen LogP contribution in [0.25, 0.3) is 5.69 Å². The predicted molar refractivity (Wildman–Crippen MR) is 106 cm³/mol. The Bertz CT molecular complexity index is 1120. The maximum atomic E-state index is 14.0. The average Bonchev–Trinajstić information content (AvgIpc) is 3.05. The number of aromatic nitrogens is 4. The van der Waals surface area contributed by atoms with Crippen LogP contribution in [0, 0.1) is 18.6 Å². The van der Waals surface area contributed by atoms with Crippen LogP contribution in [0.2, 0.25) is 0 Å². The zero-order chi connectivity index (χ0) is 22.0. The maximum absolute atomic E-state index is 14.0. The molecule has 30 heavy (non-hydrogen) atoms. The van der Waals surface area contributed by atoms with Crippen molar-refractivity contribution in [3.8, 4) is 11.4 Å². The molecule has 3 rings (SSSR count). The minimum Gasteiger partial charge on any atom is -0.489 e. The van der Waals surface area contributed by atoms with E-state index in [0.717, 1.165) is 23.8 Å². The zero-order valence-electron chi connectivity index (χ0n) is 17.0. The number of aryl methyl sites for hydroxylation is 1. The van der Waals surface area contributed by atoms with Gasteiger partial charge in [0.15, 0.2) is 11.6 Å². The van der Waals surface area contributed by atoms with E-state index in [-0.39, 0.29) is 12.6 Å². The van der Waals surface area contributed by atoms with Crippen LogP contribution in [0.1, 0.15) is 26.3 Å². The van der Waals surface area contributed by atoms with Gasteiger partial charge in [0.05, 0.1) is 11.8 Å². The Morgan fingerprint density at radius 2 is 1.83 bits per heavy atom. The Morgan fingerprint density at radius 1 is 1.17 bits per heavy atom. The van der Waals surface area contributed by atoms with Crippen molar-refractivity contribution in [3.63, 3.8) is 0 Å². The number of amides is 1. The molecule has 3 aromatic rings. The number of ether oxygens (including phenoxy) is 1. The molecule has 0 unspecified atom stereocenters. The molecule has 0 saturated heterocycles. The van der Waals surface area contributed by atoms with Crippen molar-refractivity contribution in [1.82, 2.24) is 19.8 Å². The maximum Gasteiger partial charge on any atom is 0.377 e. The Kier molecular flexibility index (Phi) is 5.95. The Hall–Kier alpha value is -3.56. The first-order chi connectivity index (χ1) is 14.2. The van der Waals surface area contributed by atoms with Crippen LogP contribution >= 0.6 is 0 Å². The fourth-order valence-electron chi connectivity index (χ4n) is 2.91. The summed E-state index contributed by atoms with van der Waals surface area (Å²) >= 11 is 0. The summed E-state index contributed by atoms with van der Waals surface area (Å²) in [6.45, 7) is 7.45. The molecule has 0 fully saturated rings. The molecular weight excluding hydrogens is 396 g/mol. The van der Waals surface area contributed by atoms with Crippen LogP contribution < -0.4 is 15.3 Å². The summed E-state index contributed by atoms with van der Waals surface area (Å²) in [7, 11) is 0. The molecule has 1 heterocycles. The molecule has 2 aromatic carbocycles. The normalized spacial score (nSPS) is 11.0. The quantitative estimate of drug-likeness (QED) is 0.595. The summed E-state index contributed by atoms with van der Waals surface area (Å²) < 4.78 is 34.7. The van der Waals surface area contributed by atoms with Crippen LogP contribution in [0.5, 0.6) is 5.75 Å². The molecule has 0 radical (unpaired) electrons. The van der Waals surface area contributed by atoms with Crippen molar-refractivity contribution in [2.24, 2.45) is 0 Å². The van der Waals surface area contributed by atoms with Gasteiger partial charge in [0, 0.05) is 6.54 Å². The van der Waals surface area contributed by atoms with Crippen LogP contribution in [0.15, 0.2) is 41.2 Å². The summed E-state index contributed by atoms with van der Waals surface area (Å²) in [5.74, 6) is -1.56. The van der Waals surface area contributed by atoms with Gasteiger partial charge in [-0.15, -0.1) is 4.68 Å². The van der Waals surface area contributed by atoms with E-state index in [1.54, 1.807) is 19.1 Å². The Labute approximate surface area is 171 Å². The molecule has 0 spiro atoms. The molecule has 1 amide bonds. The van der Waals surface area contributed by atoms with Crippen LogP contribution in [0.3, 0.4) is 0 Å². The second kappa shape index (κ2) is 8.44. The second-order valence-electron chi connectivity index (χ2n) is 6.82. The van der Waals surface area contributed by atoms with Crippen molar-refractivity contribution in [3.05, 3.63) is 64.1 Å². The number of carbonyl (C=O) groups excluding carboxylic acids is 1. The van der Waals surface area contributed by atoms with Gasteiger partial charge in [0.1, 0.15) is 11.4 Å². The first-order valence-corrected chi connectivity index (χ1v) is 9.33. The van der Waals surface area contributed by atoms with Crippen molar-refractivity contribution in [2.75, 3.05) is 11.4 Å². The number of para-hydroxylation sites is 1. The van der Waals surface area contributed by atoms with Crippen LogP contribution in [-0.4, -0.2) is 38.5 Å². The Morgan fingerprint density at radius 3 is 2.43 bits per heavy atom. The minimum atomic E-state index is -1.10. The smallest absolute Gasteiger partial charge is 0.377 e. The molecule has 10 heteroatoms. The van der Waals surface area contributed by atoms with Gasteiger partial charge in [0.2, 0.25) is 0 Å². The lowest BCUT2D eigenvalue weighted by molar-refractivity contribution is 0.237. The number of halogens is 2. The van der Waals surface area contributed by atoms with Gasteiger partial charge in [-0.25, -0.2) is 18.4 Å². The third-order valence-electron chi connectivity index (χ3n) is 4.23. The summed E-state index contributed by atoms with van der Waals surface area (Å²) in [5, 5.41) is 7.02. The number of benzene rings is 2. The molecule has 0 saturated carbocycles. The van der Waals surface area contributed by atoms with Gasteiger partial charge in [-0.2, -0.15) is 4.68 Å². The van der Waals surface area contributed by atoms with E-state index < -0.39 is 29.0 Å². The van der Waals surface area contributed by atoms with Crippen LogP contribution in [-0.2, 0) is 0 Å². The highest BCUT2D eigenvalue weighted by Gasteiger charge is 2.26. The molecule has 0 aliphatic heterocycles. The summed E-state index contributed by atoms with van der Waals surface area (Å²) in [5.41, 5.74) is -0.489. The molecular formula is C20H21F2N5O3. The van der Waals surface area contributed by atoms with Gasteiger partial charge < -0.3 is 4.74 Å². The fraction of sp³-hybridized carbons (Fsp3) is 0.300. The lowest BCUT2D eigenvalue weighted by Crippen LogP contribution is -2.41. The van der Waals surface area contributed by atoms with Gasteiger partial charge in [-0.05, 0) is 68.0 Å². The lowest BCUT2D eigenvalue weighted by atomic mass is 10.2. The summed E-state index contributed by atoms with van der Waals surface area (Å²) in [6, 6.07) is 7.59. The van der Waals surface area contributed by atoms with E-state index in [0.29, 0.717) is 20.8 Å². The minimum absolute atomic E-state index is 0.145. The average molecular weight is 417 g/mol. The number of rotatable bonds is 5. The third kappa shape index (κ3) is 3.93. The number of hydrogen-bond acceptors (Lipinski definition) is 5. The molecule has 0 atom stereocenters. The highest BCUT2D eigenvalue weighted by atomic mass is 19.1. The van der Waals surface area contributed by atoms with Gasteiger partial charge in [-0.3, -0.25) is 4.90 Å². The number of nitrogens with zero attached hydrogens (tertiary/aromatic N) is 5. The highest BCUT2D eigenvalue weighted by Crippen LogP contribution is 2.30. The number of hydrogen-bond donors (Lipinski definition) is 0. The SMILES string of the molecule is CCN(C(=O)n1nnn(-c2c(F)cccc2F)c1=O)c1cc(C)ccc1OC(C)C. The molecule has 0 N–H and O–H groups in total. The predicted octanol–water partition coefficient (Wildman–Crippen LogP) is 3.30. The third-order valence-corrected chi connectivity index (χ3v) is 4.23. The molecule has 1 aromatic heterocycles. The van der Waals surface area contributed by atoms with E-state index >= 15 is 0 Å².